The molecule has 2 aromatic carbocycles. The van der Waals surface area contributed by atoms with Gasteiger partial charge in [0.05, 0.1) is 29.0 Å². The smallest absolute Gasteiger partial charge is 0.282 e. The molecule has 0 aliphatic rings. The number of nitrogens with one attached hydrogen (secondary N) is 2. The zero-order valence-corrected chi connectivity index (χ0v) is 22.5. The van der Waals surface area contributed by atoms with Crippen molar-refractivity contribution in [2.24, 2.45) is 5.16 Å². The number of oxime groups is 1. The lowest BCUT2D eigenvalue weighted by molar-refractivity contribution is 0.0959. The first-order valence-electron chi connectivity index (χ1n) is 11.8. The molecule has 2 amide bonds. The van der Waals surface area contributed by atoms with Gasteiger partial charge in [-0.3, -0.25) is 9.59 Å². The van der Waals surface area contributed by atoms with Crippen LogP contribution in [0, 0.1) is 6.92 Å². The molecule has 4 rings (SSSR count). The number of anilines is 1. The quantitative estimate of drug-likeness (QED) is 0.175. The van der Waals surface area contributed by atoms with E-state index in [1.165, 1.54) is 24.5 Å². The number of aryl methyl sites for hydroxylation is 1. The number of carbonyl (C=O) groups is 2. The lowest BCUT2D eigenvalue weighted by Gasteiger charge is -2.15. The molecule has 2 N–H and O–H groups in total. The number of benzene rings is 2. The standard InChI is InChI=1S/C27H22Cl2F2N6O3/c1-16-12-18(28)13-19(26(38)33-10-11-34-40-15-17-6-3-2-4-7-17)23(16)35-27(39)22-14-21(24(30)31)36-37(22)25-20(29)8-5-9-32-25/h2-9,11-14,24H,10,15H2,1H3,(H,33,38)(H,35,39)/b34-11+. The van der Waals surface area contributed by atoms with E-state index in [9.17, 15) is 18.4 Å². The van der Waals surface area contributed by atoms with Crippen LogP contribution in [0.4, 0.5) is 14.5 Å². The Balaban J connectivity index is 1.52. The lowest BCUT2D eigenvalue weighted by atomic mass is 10.1. The van der Waals surface area contributed by atoms with Crippen LogP contribution in [0.2, 0.25) is 10.0 Å². The molecule has 0 bridgehead atoms. The van der Waals surface area contributed by atoms with Crippen LogP contribution in [-0.2, 0) is 11.4 Å². The van der Waals surface area contributed by atoms with E-state index in [0.29, 0.717) is 5.56 Å². The van der Waals surface area contributed by atoms with Crippen LogP contribution in [0.1, 0.15) is 44.1 Å². The normalized spacial score (nSPS) is 11.2. The second-order valence-corrected chi connectivity index (χ2v) is 9.18. The molecule has 9 nitrogen and oxygen atoms in total. The topological polar surface area (TPSA) is 110 Å². The van der Waals surface area contributed by atoms with E-state index in [0.717, 1.165) is 16.3 Å². The Kier molecular flexibility index (Phi) is 9.41. The maximum absolute atomic E-state index is 13.5. The number of amides is 2. The molecule has 0 saturated carbocycles. The van der Waals surface area contributed by atoms with Gasteiger partial charge in [0.2, 0.25) is 0 Å². The van der Waals surface area contributed by atoms with Crippen LogP contribution in [0.15, 0.2) is 72.0 Å². The lowest BCUT2D eigenvalue weighted by Crippen LogP contribution is -2.27. The van der Waals surface area contributed by atoms with Crippen LogP contribution in [0.25, 0.3) is 5.82 Å². The van der Waals surface area contributed by atoms with E-state index in [2.05, 4.69) is 25.9 Å². The number of nitrogens with zero attached hydrogens (tertiary/aromatic N) is 4. The monoisotopic (exact) mass is 586 g/mol. The van der Waals surface area contributed by atoms with Crippen LogP contribution in [0.3, 0.4) is 0 Å². The highest BCUT2D eigenvalue weighted by molar-refractivity contribution is 6.32. The highest BCUT2D eigenvalue weighted by Crippen LogP contribution is 2.28. The summed E-state index contributed by atoms with van der Waals surface area (Å²) in [6.45, 7) is 1.92. The Morgan fingerprint density at radius 1 is 1.10 bits per heavy atom. The van der Waals surface area contributed by atoms with Gasteiger partial charge in [-0.15, -0.1) is 0 Å². The van der Waals surface area contributed by atoms with Gasteiger partial charge >= 0.3 is 0 Å². The first-order chi connectivity index (χ1) is 19.2. The number of hydrogen-bond donors (Lipinski definition) is 2. The zero-order valence-electron chi connectivity index (χ0n) is 20.9. The summed E-state index contributed by atoms with van der Waals surface area (Å²) in [5.41, 5.74) is 0.661. The zero-order chi connectivity index (χ0) is 28.6. The molecule has 0 aliphatic carbocycles. The Labute approximate surface area is 237 Å². The second kappa shape index (κ2) is 13.1. The van der Waals surface area contributed by atoms with Crippen molar-refractivity contribution in [3.8, 4) is 5.82 Å². The van der Waals surface area contributed by atoms with E-state index >= 15 is 0 Å². The molecular weight excluding hydrogens is 565 g/mol. The largest absolute Gasteiger partial charge is 0.391 e. The number of hydrogen-bond acceptors (Lipinski definition) is 6. The maximum Gasteiger partial charge on any atom is 0.282 e. The first kappa shape index (κ1) is 28.7. The Hall–Kier alpha value is -4.35. The average molecular weight is 587 g/mol. The summed E-state index contributed by atoms with van der Waals surface area (Å²) >= 11 is 12.4. The van der Waals surface area contributed by atoms with Crippen molar-refractivity contribution in [2.75, 3.05) is 11.9 Å². The van der Waals surface area contributed by atoms with Crippen molar-refractivity contribution in [3.63, 3.8) is 0 Å². The van der Waals surface area contributed by atoms with Crippen molar-refractivity contribution >= 4 is 46.9 Å². The molecule has 0 unspecified atom stereocenters. The van der Waals surface area contributed by atoms with Crippen LogP contribution < -0.4 is 10.6 Å². The number of alkyl halides is 2. The second-order valence-electron chi connectivity index (χ2n) is 8.33. The van der Waals surface area contributed by atoms with Gasteiger partial charge in [-0.25, -0.2) is 18.4 Å². The van der Waals surface area contributed by atoms with E-state index < -0.39 is 23.9 Å². The van der Waals surface area contributed by atoms with Crippen LogP contribution in [0.5, 0.6) is 0 Å². The molecule has 4 aromatic rings. The number of pyridine rings is 1. The first-order valence-corrected chi connectivity index (χ1v) is 12.6. The number of aromatic nitrogens is 3. The minimum Gasteiger partial charge on any atom is -0.391 e. The molecule has 0 saturated heterocycles. The minimum absolute atomic E-state index is 0.0132. The van der Waals surface area contributed by atoms with Crippen molar-refractivity contribution in [3.05, 3.63) is 105 Å². The van der Waals surface area contributed by atoms with Gasteiger partial charge in [-0.1, -0.05) is 58.7 Å². The van der Waals surface area contributed by atoms with Crippen molar-refractivity contribution in [1.82, 2.24) is 20.1 Å². The third-order valence-corrected chi connectivity index (χ3v) is 6.00. The van der Waals surface area contributed by atoms with Gasteiger partial charge in [-0.2, -0.15) is 5.10 Å². The summed E-state index contributed by atoms with van der Waals surface area (Å²) in [7, 11) is 0. The van der Waals surface area contributed by atoms with Crippen molar-refractivity contribution < 1.29 is 23.2 Å². The maximum atomic E-state index is 13.5. The van der Waals surface area contributed by atoms with Gasteiger partial charge in [0.15, 0.2) is 5.82 Å². The summed E-state index contributed by atoms with van der Waals surface area (Å²) in [5, 5.41) is 13.2. The summed E-state index contributed by atoms with van der Waals surface area (Å²) in [4.78, 5) is 35.6. The van der Waals surface area contributed by atoms with Gasteiger partial charge in [-0.05, 0) is 48.4 Å². The predicted octanol–water partition coefficient (Wildman–Crippen LogP) is 6.00. The van der Waals surface area contributed by atoms with Crippen LogP contribution >= 0.6 is 23.2 Å². The Bertz CT molecular complexity index is 1550. The van der Waals surface area contributed by atoms with Crippen molar-refractivity contribution in [2.45, 2.75) is 20.0 Å². The third-order valence-electron chi connectivity index (χ3n) is 5.48. The van der Waals surface area contributed by atoms with Crippen LogP contribution in [-0.4, -0.2) is 39.3 Å². The number of carbonyl (C=O) groups excluding carboxylic acids is 2. The fourth-order valence-corrected chi connectivity index (χ4v) is 4.11. The molecule has 0 aliphatic heterocycles. The summed E-state index contributed by atoms with van der Waals surface area (Å²) in [6, 6.07) is 16.3. The summed E-state index contributed by atoms with van der Waals surface area (Å²) in [5.74, 6) is -1.40. The molecule has 2 aromatic heterocycles. The minimum atomic E-state index is -2.95. The fourth-order valence-electron chi connectivity index (χ4n) is 3.64. The van der Waals surface area contributed by atoms with Gasteiger partial charge in [0.1, 0.15) is 18.0 Å². The van der Waals surface area contributed by atoms with Crippen molar-refractivity contribution in [1.29, 1.82) is 0 Å². The summed E-state index contributed by atoms with van der Waals surface area (Å²) < 4.78 is 27.9. The van der Waals surface area contributed by atoms with E-state index in [4.69, 9.17) is 28.0 Å². The molecule has 0 fully saturated rings. The van der Waals surface area contributed by atoms with Gasteiger partial charge < -0.3 is 15.5 Å². The van der Waals surface area contributed by atoms with E-state index in [-0.39, 0.29) is 46.0 Å². The van der Waals surface area contributed by atoms with Gasteiger partial charge in [0.25, 0.3) is 18.2 Å². The number of halogens is 4. The van der Waals surface area contributed by atoms with E-state index in [1.54, 1.807) is 19.1 Å². The highest BCUT2D eigenvalue weighted by atomic mass is 35.5. The average Bonchev–Trinajstić information content (AvgIpc) is 3.38. The fraction of sp³-hybridized carbons (Fsp3) is 0.148. The molecule has 0 atom stereocenters. The van der Waals surface area contributed by atoms with E-state index in [1.807, 2.05) is 30.3 Å². The molecule has 13 heteroatoms. The third kappa shape index (κ3) is 6.99. The molecule has 0 radical (unpaired) electrons. The Morgan fingerprint density at radius 2 is 1.88 bits per heavy atom. The molecule has 206 valence electrons. The molecule has 40 heavy (non-hydrogen) atoms. The molecular formula is C27H22Cl2F2N6O3. The molecule has 0 spiro atoms. The number of rotatable bonds is 10. The van der Waals surface area contributed by atoms with Gasteiger partial charge in [0, 0.05) is 11.2 Å². The molecule has 2 heterocycles. The Morgan fingerprint density at radius 3 is 2.60 bits per heavy atom. The summed E-state index contributed by atoms with van der Waals surface area (Å²) in [6.07, 6.45) is -0.196. The predicted molar refractivity (Wildman–Crippen MR) is 148 cm³/mol. The highest BCUT2D eigenvalue weighted by Gasteiger charge is 2.25. The SMILES string of the molecule is Cc1cc(Cl)cc(C(=O)NC/C=N/OCc2ccccc2)c1NC(=O)c1cc(C(F)F)nn1-c1ncccc1Cl.